The van der Waals surface area contributed by atoms with Crippen LogP contribution in [0.5, 0.6) is 5.75 Å². The monoisotopic (exact) mass is 365 g/mol. The Morgan fingerprint density at radius 3 is 2.67 bits per heavy atom. The van der Waals surface area contributed by atoms with Gasteiger partial charge in [-0.3, -0.25) is 0 Å². The van der Waals surface area contributed by atoms with E-state index < -0.39 is 0 Å². The number of nitrogens with one attached hydrogen (secondary N) is 1. The minimum Gasteiger partial charge on any atom is -0.487 e. The molecular formula is C17H17BrClNO. The fraction of sp³-hybridized carbons (Fsp3) is 0.294. The van der Waals surface area contributed by atoms with Gasteiger partial charge >= 0.3 is 0 Å². The van der Waals surface area contributed by atoms with Gasteiger partial charge in [-0.05, 0) is 42.2 Å². The highest BCUT2D eigenvalue weighted by Crippen LogP contribution is 2.29. The maximum atomic E-state index is 6.16. The van der Waals surface area contributed by atoms with Crippen molar-refractivity contribution in [2.75, 3.05) is 0 Å². The third-order valence-electron chi connectivity index (χ3n) is 3.55. The van der Waals surface area contributed by atoms with Crippen LogP contribution in [-0.2, 0) is 13.2 Å². The standard InChI is InChI=1S/C17H17BrClNO/c18-14-5-8-16(19)17(9-14)21-11-13-4-2-1-3-12(13)10-20-15-6-7-15/h1-5,8-9,15,20H,6-7,10-11H2. The zero-order valence-corrected chi connectivity index (χ0v) is 14.0. The number of hydrogen-bond donors (Lipinski definition) is 1. The van der Waals surface area contributed by atoms with Crippen molar-refractivity contribution in [1.29, 1.82) is 0 Å². The van der Waals surface area contributed by atoms with Gasteiger partial charge in [-0.25, -0.2) is 0 Å². The average Bonchev–Trinajstić information content (AvgIpc) is 3.31. The molecule has 0 bridgehead atoms. The number of halogens is 2. The Kier molecular flexibility index (Phi) is 4.84. The molecule has 110 valence electrons. The van der Waals surface area contributed by atoms with Crippen molar-refractivity contribution in [3.05, 3.63) is 63.1 Å². The highest BCUT2D eigenvalue weighted by atomic mass is 79.9. The van der Waals surface area contributed by atoms with E-state index in [4.69, 9.17) is 16.3 Å². The Morgan fingerprint density at radius 1 is 1.14 bits per heavy atom. The van der Waals surface area contributed by atoms with Gasteiger partial charge in [0.2, 0.25) is 0 Å². The van der Waals surface area contributed by atoms with E-state index >= 15 is 0 Å². The lowest BCUT2D eigenvalue weighted by Crippen LogP contribution is -2.16. The van der Waals surface area contributed by atoms with E-state index in [1.807, 2.05) is 24.3 Å². The predicted octanol–water partition coefficient (Wildman–Crippen LogP) is 4.93. The van der Waals surface area contributed by atoms with Crippen LogP contribution >= 0.6 is 27.5 Å². The summed E-state index contributed by atoms with van der Waals surface area (Å²) in [4.78, 5) is 0. The fourth-order valence-corrected chi connectivity index (χ4v) is 2.67. The minimum absolute atomic E-state index is 0.526. The van der Waals surface area contributed by atoms with Crippen molar-refractivity contribution in [3.63, 3.8) is 0 Å². The molecule has 0 atom stereocenters. The molecule has 4 heteroatoms. The quantitative estimate of drug-likeness (QED) is 0.782. The van der Waals surface area contributed by atoms with Gasteiger partial charge in [-0.1, -0.05) is 51.8 Å². The van der Waals surface area contributed by atoms with Gasteiger partial charge in [0.05, 0.1) is 5.02 Å². The number of hydrogen-bond acceptors (Lipinski definition) is 2. The largest absolute Gasteiger partial charge is 0.487 e. The molecule has 0 spiro atoms. The molecule has 0 amide bonds. The van der Waals surface area contributed by atoms with E-state index in [1.165, 1.54) is 24.0 Å². The summed E-state index contributed by atoms with van der Waals surface area (Å²) in [5, 5.41) is 4.17. The lowest BCUT2D eigenvalue weighted by atomic mass is 10.1. The number of benzene rings is 2. The second-order valence-corrected chi connectivity index (χ2v) is 6.61. The van der Waals surface area contributed by atoms with Crippen LogP contribution in [-0.4, -0.2) is 6.04 Å². The molecule has 1 saturated carbocycles. The molecule has 0 saturated heterocycles. The number of ether oxygens (including phenoxy) is 1. The highest BCUT2D eigenvalue weighted by molar-refractivity contribution is 9.10. The topological polar surface area (TPSA) is 21.3 Å². The maximum Gasteiger partial charge on any atom is 0.139 e. The van der Waals surface area contributed by atoms with Crippen LogP contribution in [0.1, 0.15) is 24.0 Å². The SMILES string of the molecule is Clc1ccc(Br)cc1OCc1ccccc1CNC1CC1. The van der Waals surface area contributed by atoms with Gasteiger partial charge in [0.25, 0.3) is 0 Å². The van der Waals surface area contributed by atoms with Crippen molar-refractivity contribution in [1.82, 2.24) is 5.32 Å². The van der Waals surface area contributed by atoms with Gasteiger partial charge in [-0.2, -0.15) is 0 Å². The highest BCUT2D eigenvalue weighted by Gasteiger charge is 2.20. The average molecular weight is 367 g/mol. The predicted molar refractivity (Wildman–Crippen MR) is 89.8 cm³/mol. The van der Waals surface area contributed by atoms with Crippen LogP contribution in [0.4, 0.5) is 0 Å². The fourth-order valence-electron chi connectivity index (χ4n) is 2.16. The summed E-state index contributed by atoms with van der Waals surface area (Å²) in [6.07, 6.45) is 2.60. The molecule has 21 heavy (non-hydrogen) atoms. The molecule has 2 aromatic carbocycles. The summed E-state index contributed by atoms with van der Waals surface area (Å²) in [7, 11) is 0. The summed E-state index contributed by atoms with van der Waals surface area (Å²) >= 11 is 9.59. The molecule has 1 N–H and O–H groups in total. The van der Waals surface area contributed by atoms with Crippen molar-refractivity contribution in [2.45, 2.75) is 32.0 Å². The van der Waals surface area contributed by atoms with Crippen LogP contribution in [0, 0.1) is 0 Å². The summed E-state index contributed by atoms with van der Waals surface area (Å²) < 4.78 is 6.84. The normalized spacial score (nSPS) is 14.2. The van der Waals surface area contributed by atoms with Gasteiger partial charge in [0.1, 0.15) is 12.4 Å². The third kappa shape index (κ3) is 4.22. The molecule has 1 aliphatic carbocycles. The van der Waals surface area contributed by atoms with E-state index in [1.54, 1.807) is 0 Å². The van der Waals surface area contributed by atoms with Crippen LogP contribution in [0.25, 0.3) is 0 Å². The Bertz CT molecular complexity index is 628. The summed E-state index contributed by atoms with van der Waals surface area (Å²) in [6, 6.07) is 14.7. The first-order valence-corrected chi connectivity index (χ1v) is 8.27. The lowest BCUT2D eigenvalue weighted by molar-refractivity contribution is 0.304. The summed E-state index contributed by atoms with van der Waals surface area (Å²) in [5.74, 6) is 0.705. The molecule has 2 nitrogen and oxygen atoms in total. The van der Waals surface area contributed by atoms with E-state index in [0.29, 0.717) is 23.4 Å². The second kappa shape index (κ2) is 6.82. The molecule has 3 rings (SSSR count). The Balaban J connectivity index is 1.67. The molecule has 1 fully saturated rings. The molecule has 0 heterocycles. The zero-order chi connectivity index (χ0) is 14.7. The number of rotatable bonds is 6. The first-order chi connectivity index (χ1) is 10.2. The molecule has 2 aromatic rings. The van der Waals surface area contributed by atoms with Crippen LogP contribution in [0.2, 0.25) is 5.02 Å². The smallest absolute Gasteiger partial charge is 0.139 e. The van der Waals surface area contributed by atoms with Gasteiger partial charge < -0.3 is 10.1 Å². The third-order valence-corrected chi connectivity index (χ3v) is 4.36. The minimum atomic E-state index is 0.526. The van der Waals surface area contributed by atoms with Gasteiger partial charge in [0, 0.05) is 17.1 Å². The van der Waals surface area contributed by atoms with E-state index in [9.17, 15) is 0 Å². The lowest BCUT2D eigenvalue weighted by Gasteiger charge is -2.13. The first kappa shape index (κ1) is 14.9. The van der Waals surface area contributed by atoms with Crippen LogP contribution in [0.3, 0.4) is 0 Å². The second-order valence-electron chi connectivity index (χ2n) is 5.29. The van der Waals surface area contributed by atoms with Gasteiger partial charge in [-0.15, -0.1) is 0 Å². The van der Waals surface area contributed by atoms with Crippen molar-refractivity contribution in [3.8, 4) is 5.75 Å². The van der Waals surface area contributed by atoms with Crippen LogP contribution < -0.4 is 10.1 Å². The zero-order valence-electron chi connectivity index (χ0n) is 11.6. The molecule has 1 aliphatic rings. The molecule has 0 aliphatic heterocycles. The Hall–Kier alpha value is -1.03. The van der Waals surface area contributed by atoms with Gasteiger partial charge in [0.15, 0.2) is 0 Å². The van der Waals surface area contributed by atoms with Crippen molar-refractivity contribution in [2.24, 2.45) is 0 Å². The Labute approximate surface area is 138 Å². The van der Waals surface area contributed by atoms with Crippen molar-refractivity contribution >= 4 is 27.5 Å². The maximum absolute atomic E-state index is 6.16. The Morgan fingerprint density at radius 2 is 1.90 bits per heavy atom. The van der Waals surface area contributed by atoms with Crippen molar-refractivity contribution < 1.29 is 4.74 Å². The first-order valence-electron chi connectivity index (χ1n) is 7.10. The van der Waals surface area contributed by atoms with E-state index in [2.05, 4.69) is 39.4 Å². The molecule has 0 radical (unpaired) electrons. The summed E-state index contributed by atoms with van der Waals surface area (Å²) in [6.45, 7) is 1.43. The summed E-state index contributed by atoms with van der Waals surface area (Å²) in [5.41, 5.74) is 2.48. The van der Waals surface area contributed by atoms with E-state index in [-0.39, 0.29) is 0 Å². The molecular weight excluding hydrogens is 350 g/mol. The molecule has 0 aromatic heterocycles. The van der Waals surface area contributed by atoms with E-state index in [0.717, 1.165) is 11.0 Å². The van der Waals surface area contributed by atoms with Crippen LogP contribution in [0.15, 0.2) is 46.9 Å². The molecule has 0 unspecified atom stereocenters.